The minimum atomic E-state index is -3.25. The summed E-state index contributed by atoms with van der Waals surface area (Å²) in [6.07, 6.45) is 3.25. The van der Waals surface area contributed by atoms with Gasteiger partial charge in [-0.05, 0) is 37.1 Å². The average Bonchev–Trinajstić information content (AvgIpc) is 2.29. The molecular weight excluding hydrogens is 238 g/mol. The Morgan fingerprint density at radius 2 is 2.18 bits per heavy atom. The quantitative estimate of drug-likeness (QED) is 0.835. The lowest BCUT2D eigenvalue weighted by molar-refractivity contribution is 0.424. The number of nitrogens with one attached hydrogen (secondary N) is 1. The van der Waals surface area contributed by atoms with Gasteiger partial charge < -0.3 is 10.4 Å². The summed E-state index contributed by atoms with van der Waals surface area (Å²) in [7, 11) is -3.25. The van der Waals surface area contributed by atoms with Gasteiger partial charge in [0.2, 0.25) is 0 Å². The Hall–Kier alpha value is -1.07. The summed E-state index contributed by atoms with van der Waals surface area (Å²) in [5, 5.41) is 13.2. The van der Waals surface area contributed by atoms with E-state index in [-0.39, 0.29) is 16.6 Å². The van der Waals surface area contributed by atoms with Crippen LogP contribution in [0.15, 0.2) is 23.1 Å². The highest BCUT2D eigenvalue weighted by Crippen LogP contribution is 2.31. The summed E-state index contributed by atoms with van der Waals surface area (Å²) >= 11 is 0. The normalized spacial score (nSPS) is 21.4. The van der Waals surface area contributed by atoms with Gasteiger partial charge in [-0.2, -0.15) is 0 Å². The number of sulfone groups is 1. The van der Waals surface area contributed by atoms with E-state index in [0.29, 0.717) is 0 Å². The topological polar surface area (TPSA) is 66.4 Å². The Morgan fingerprint density at radius 1 is 1.41 bits per heavy atom. The predicted molar refractivity (Wildman–Crippen MR) is 66.1 cm³/mol. The zero-order valence-electron chi connectivity index (χ0n) is 9.81. The molecule has 1 fully saturated rings. The maximum absolute atomic E-state index is 11.3. The highest BCUT2D eigenvalue weighted by atomic mass is 32.2. The van der Waals surface area contributed by atoms with Gasteiger partial charge in [-0.1, -0.05) is 6.07 Å². The molecule has 1 atom stereocenters. The van der Waals surface area contributed by atoms with Crippen molar-refractivity contribution in [1.29, 1.82) is 0 Å². The van der Waals surface area contributed by atoms with Gasteiger partial charge in [0.05, 0.1) is 4.90 Å². The van der Waals surface area contributed by atoms with E-state index >= 15 is 0 Å². The van der Waals surface area contributed by atoms with E-state index in [1.54, 1.807) is 12.1 Å². The van der Waals surface area contributed by atoms with Crippen LogP contribution in [-0.4, -0.2) is 32.9 Å². The molecule has 94 valence electrons. The molecule has 1 unspecified atom stereocenters. The van der Waals surface area contributed by atoms with Gasteiger partial charge in [0.15, 0.2) is 9.84 Å². The highest BCUT2D eigenvalue weighted by molar-refractivity contribution is 7.90. The SMILES string of the molecule is CS(=O)(=O)c1ccc(C2CCCNC2)c(O)c1. The maximum Gasteiger partial charge on any atom is 0.175 e. The van der Waals surface area contributed by atoms with Crippen molar-refractivity contribution in [1.82, 2.24) is 5.32 Å². The maximum atomic E-state index is 11.3. The second-order valence-electron chi connectivity index (χ2n) is 4.54. The van der Waals surface area contributed by atoms with Crippen molar-refractivity contribution in [3.05, 3.63) is 23.8 Å². The summed E-state index contributed by atoms with van der Waals surface area (Å²) in [6.45, 7) is 1.85. The van der Waals surface area contributed by atoms with Gasteiger partial charge in [-0.3, -0.25) is 0 Å². The molecule has 5 heteroatoms. The molecule has 1 aromatic carbocycles. The van der Waals surface area contributed by atoms with Crippen LogP contribution in [0.4, 0.5) is 0 Å². The van der Waals surface area contributed by atoms with Crippen molar-refractivity contribution in [2.24, 2.45) is 0 Å². The Kier molecular flexibility index (Phi) is 3.40. The van der Waals surface area contributed by atoms with E-state index in [4.69, 9.17) is 0 Å². The number of rotatable bonds is 2. The van der Waals surface area contributed by atoms with Crippen molar-refractivity contribution in [3.63, 3.8) is 0 Å². The van der Waals surface area contributed by atoms with Crippen molar-refractivity contribution in [2.75, 3.05) is 19.3 Å². The fraction of sp³-hybridized carbons (Fsp3) is 0.500. The Morgan fingerprint density at radius 3 is 2.71 bits per heavy atom. The number of benzene rings is 1. The fourth-order valence-corrected chi connectivity index (χ4v) is 2.86. The lowest BCUT2D eigenvalue weighted by Crippen LogP contribution is -2.28. The van der Waals surface area contributed by atoms with Crippen molar-refractivity contribution in [2.45, 2.75) is 23.7 Å². The predicted octanol–water partition coefficient (Wildman–Crippen LogP) is 1.26. The monoisotopic (exact) mass is 255 g/mol. The highest BCUT2D eigenvalue weighted by Gasteiger charge is 2.19. The fourth-order valence-electron chi connectivity index (χ4n) is 2.22. The van der Waals surface area contributed by atoms with Crippen LogP contribution >= 0.6 is 0 Å². The molecule has 0 radical (unpaired) electrons. The van der Waals surface area contributed by atoms with Gasteiger partial charge in [0.1, 0.15) is 5.75 Å². The summed E-state index contributed by atoms with van der Waals surface area (Å²) in [4.78, 5) is 0.169. The van der Waals surface area contributed by atoms with Crippen LogP contribution in [0.2, 0.25) is 0 Å². The van der Waals surface area contributed by atoms with Crippen LogP contribution in [-0.2, 0) is 9.84 Å². The van der Waals surface area contributed by atoms with Gasteiger partial charge >= 0.3 is 0 Å². The molecule has 4 nitrogen and oxygen atoms in total. The van der Waals surface area contributed by atoms with Crippen LogP contribution < -0.4 is 5.32 Å². The Labute approximate surface area is 102 Å². The molecule has 17 heavy (non-hydrogen) atoms. The number of phenols is 1. The van der Waals surface area contributed by atoms with E-state index in [1.165, 1.54) is 6.07 Å². The van der Waals surface area contributed by atoms with Crippen molar-refractivity contribution < 1.29 is 13.5 Å². The minimum Gasteiger partial charge on any atom is -0.508 e. The van der Waals surface area contributed by atoms with Crippen molar-refractivity contribution in [3.8, 4) is 5.75 Å². The van der Waals surface area contributed by atoms with E-state index in [1.807, 2.05) is 0 Å². The number of hydrogen-bond donors (Lipinski definition) is 2. The van der Waals surface area contributed by atoms with E-state index in [9.17, 15) is 13.5 Å². The first-order valence-electron chi connectivity index (χ1n) is 5.72. The van der Waals surface area contributed by atoms with Gasteiger partial charge in [-0.25, -0.2) is 8.42 Å². The number of phenolic OH excluding ortho intramolecular Hbond substituents is 1. The zero-order valence-corrected chi connectivity index (χ0v) is 10.6. The first-order chi connectivity index (χ1) is 7.98. The van der Waals surface area contributed by atoms with Crippen LogP contribution in [0.25, 0.3) is 0 Å². The molecule has 2 rings (SSSR count). The van der Waals surface area contributed by atoms with E-state index in [0.717, 1.165) is 37.8 Å². The minimum absolute atomic E-state index is 0.0848. The molecular formula is C12H17NO3S. The molecule has 0 spiro atoms. The molecule has 0 amide bonds. The van der Waals surface area contributed by atoms with Gasteiger partial charge in [0, 0.05) is 18.7 Å². The molecule has 1 aromatic rings. The first-order valence-corrected chi connectivity index (χ1v) is 7.61. The Balaban J connectivity index is 2.31. The Bertz CT molecular complexity index is 504. The van der Waals surface area contributed by atoms with E-state index < -0.39 is 9.84 Å². The molecule has 0 bridgehead atoms. The largest absolute Gasteiger partial charge is 0.508 e. The third-order valence-corrected chi connectivity index (χ3v) is 4.28. The summed E-state index contributed by atoms with van der Waals surface area (Å²) in [5.74, 6) is 0.360. The molecule has 2 N–H and O–H groups in total. The summed E-state index contributed by atoms with van der Waals surface area (Å²) in [6, 6.07) is 4.64. The molecule has 0 saturated carbocycles. The van der Waals surface area contributed by atoms with Crippen LogP contribution in [0, 0.1) is 0 Å². The molecule has 1 aliphatic heterocycles. The lowest BCUT2D eigenvalue weighted by atomic mass is 9.91. The van der Waals surface area contributed by atoms with Crippen LogP contribution in [0.1, 0.15) is 24.3 Å². The standard InChI is InChI=1S/C12H17NO3S/c1-17(15,16)10-4-5-11(12(14)7-10)9-3-2-6-13-8-9/h4-5,7,9,13-14H,2-3,6,8H2,1H3. The van der Waals surface area contributed by atoms with Gasteiger partial charge in [-0.15, -0.1) is 0 Å². The average molecular weight is 255 g/mol. The van der Waals surface area contributed by atoms with Crippen LogP contribution in [0.5, 0.6) is 5.75 Å². The van der Waals surface area contributed by atoms with Gasteiger partial charge in [0.25, 0.3) is 0 Å². The molecule has 1 heterocycles. The molecule has 1 aliphatic rings. The van der Waals surface area contributed by atoms with E-state index in [2.05, 4.69) is 5.32 Å². The number of aromatic hydroxyl groups is 1. The number of piperidine rings is 1. The van der Waals surface area contributed by atoms with Crippen molar-refractivity contribution >= 4 is 9.84 Å². The van der Waals surface area contributed by atoms with Crippen LogP contribution in [0.3, 0.4) is 0 Å². The molecule has 1 saturated heterocycles. The lowest BCUT2D eigenvalue weighted by Gasteiger charge is -2.23. The number of hydrogen-bond acceptors (Lipinski definition) is 4. The summed E-state index contributed by atoms with van der Waals surface area (Å²) in [5.41, 5.74) is 0.838. The first kappa shape index (κ1) is 12.4. The third kappa shape index (κ3) is 2.79. The second-order valence-corrected chi connectivity index (χ2v) is 6.55. The summed E-state index contributed by atoms with van der Waals surface area (Å²) < 4.78 is 22.7. The molecule has 0 aromatic heterocycles. The smallest absolute Gasteiger partial charge is 0.175 e. The third-order valence-electron chi connectivity index (χ3n) is 3.17. The second kappa shape index (κ2) is 4.66. The zero-order chi connectivity index (χ0) is 12.5. The molecule has 0 aliphatic carbocycles.